The first-order valence-corrected chi connectivity index (χ1v) is 10.4. The number of furan rings is 2. The van der Waals surface area contributed by atoms with Crippen LogP contribution in [0.3, 0.4) is 0 Å². The van der Waals surface area contributed by atoms with E-state index in [2.05, 4.69) is 4.90 Å². The SMILES string of the molecule is CN1CCC(OC(=O)C(OCCOCc2ccccc2)(c2ccco2)c2ccco2)C1. The standard InChI is InChI=1S/C24H27NO6/c1-25-12-11-20(17-25)31-23(26)24(21-9-5-13-28-21,22-10-6-14-29-22)30-16-15-27-18-19-7-3-2-4-8-19/h2-10,13-14,20H,11-12,15-18H2,1H3. The molecule has 0 saturated carbocycles. The first-order chi connectivity index (χ1) is 15.2. The molecule has 1 fully saturated rings. The number of likely N-dealkylation sites (tertiary alicyclic amines) is 1. The van der Waals surface area contributed by atoms with Gasteiger partial charge in [0.1, 0.15) is 6.10 Å². The average Bonchev–Trinajstić information content (AvgIpc) is 3.55. The molecule has 7 heteroatoms. The van der Waals surface area contributed by atoms with Gasteiger partial charge >= 0.3 is 5.97 Å². The maximum absolute atomic E-state index is 13.5. The minimum absolute atomic E-state index is 0.147. The van der Waals surface area contributed by atoms with E-state index in [0.717, 1.165) is 18.5 Å². The Balaban J connectivity index is 1.49. The van der Waals surface area contributed by atoms with Crippen molar-refractivity contribution in [2.45, 2.75) is 24.7 Å². The molecule has 1 saturated heterocycles. The Morgan fingerprint density at radius 3 is 2.32 bits per heavy atom. The van der Waals surface area contributed by atoms with Gasteiger partial charge in [-0.1, -0.05) is 30.3 Å². The molecule has 4 rings (SSSR count). The lowest BCUT2D eigenvalue weighted by molar-refractivity contribution is -0.179. The second kappa shape index (κ2) is 9.96. The van der Waals surface area contributed by atoms with Crippen molar-refractivity contribution in [2.75, 3.05) is 33.4 Å². The van der Waals surface area contributed by atoms with Crippen LogP contribution in [0.25, 0.3) is 0 Å². The Hall–Kier alpha value is -2.87. The molecule has 2 aromatic heterocycles. The first kappa shape index (κ1) is 21.4. The number of esters is 1. The smallest absolute Gasteiger partial charge is 0.354 e. The highest BCUT2D eigenvalue weighted by molar-refractivity contribution is 5.84. The molecule has 31 heavy (non-hydrogen) atoms. The summed E-state index contributed by atoms with van der Waals surface area (Å²) in [5, 5.41) is 0. The molecule has 1 aromatic carbocycles. The van der Waals surface area contributed by atoms with Crippen LogP contribution in [0.15, 0.2) is 76.0 Å². The number of benzene rings is 1. The zero-order chi connectivity index (χ0) is 21.5. The van der Waals surface area contributed by atoms with E-state index in [0.29, 0.717) is 24.7 Å². The van der Waals surface area contributed by atoms with Gasteiger partial charge in [0, 0.05) is 13.1 Å². The number of nitrogens with zero attached hydrogens (tertiary/aromatic N) is 1. The lowest BCUT2D eigenvalue weighted by Gasteiger charge is -2.29. The Bertz CT molecular complexity index is 888. The third-order valence-corrected chi connectivity index (χ3v) is 5.30. The number of ether oxygens (including phenoxy) is 3. The van der Waals surface area contributed by atoms with Crippen LogP contribution in [-0.2, 0) is 31.2 Å². The minimum atomic E-state index is -1.63. The van der Waals surface area contributed by atoms with Gasteiger partial charge < -0.3 is 27.9 Å². The van der Waals surface area contributed by atoms with Gasteiger partial charge in [-0.05, 0) is 43.3 Å². The van der Waals surface area contributed by atoms with E-state index in [1.807, 2.05) is 37.4 Å². The van der Waals surface area contributed by atoms with Crippen molar-refractivity contribution >= 4 is 5.97 Å². The molecule has 1 unspecified atom stereocenters. The highest BCUT2D eigenvalue weighted by atomic mass is 16.6. The lowest BCUT2D eigenvalue weighted by Crippen LogP contribution is -2.43. The average molecular weight is 425 g/mol. The van der Waals surface area contributed by atoms with Gasteiger partial charge in [0.25, 0.3) is 5.60 Å². The van der Waals surface area contributed by atoms with Crippen molar-refractivity contribution in [1.29, 1.82) is 0 Å². The molecule has 3 heterocycles. The zero-order valence-corrected chi connectivity index (χ0v) is 17.6. The summed E-state index contributed by atoms with van der Waals surface area (Å²) in [4.78, 5) is 15.6. The number of hydrogen-bond acceptors (Lipinski definition) is 7. The molecule has 0 aliphatic carbocycles. The van der Waals surface area contributed by atoms with Crippen LogP contribution in [0, 0.1) is 0 Å². The Labute approximate surface area is 181 Å². The second-order valence-corrected chi connectivity index (χ2v) is 7.60. The van der Waals surface area contributed by atoms with E-state index >= 15 is 0 Å². The van der Waals surface area contributed by atoms with E-state index in [4.69, 9.17) is 23.0 Å². The van der Waals surface area contributed by atoms with Crippen LogP contribution >= 0.6 is 0 Å². The van der Waals surface area contributed by atoms with Crippen molar-refractivity contribution in [3.05, 3.63) is 84.2 Å². The lowest BCUT2D eigenvalue weighted by atomic mass is 9.97. The number of rotatable bonds is 10. The van der Waals surface area contributed by atoms with Crippen molar-refractivity contribution in [2.24, 2.45) is 0 Å². The first-order valence-electron chi connectivity index (χ1n) is 10.4. The third kappa shape index (κ3) is 4.90. The summed E-state index contributed by atoms with van der Waals surface area (Å²) < 4.78 is 29.0. The molecule has 1 aliphatic rings. The summed E-state index contributed by atoms with van der Waals surface area (Å²) in [5.74, 6) is 0.0597. The van der Waals surface area contributed by atoms with E-state index in [9.17, 15) is 4.79 Å². The van der Waals surface area contributed by atoms with Crippen LogP contribution < -0.4 is 0 Å². The number of carbonyl (C=O) groups is 1. The third-order valence-electron chi connectivity index (χ3n) is 5.30. The van der Waals surface area contributed by atoms with Crippen LogP contribution in [0.4, 0.5) is 0 Å². The van der Waals surface area contributed by atoms with Gasteiger partial charge in [-0.15, -0.1) is 0 Å². The highest BCUT2D eigenvalue weighted by Gasteiger charge is 2.51. The van der Waals surface area contributed by atoms with Gasteiger partial charge in [-0.2, -0.15) is 0 Å². The maximum Gasteiger partial charge on any atom is 0.354 e. The minimum Gasteiger partial charge on any atom is -0.465 e. The van der Waals surface area contributed by atoms with Gasteiger partial charge in [0.05, 0.1) is 32.3 Å². The van der Waals surface area contributed by atoms with Gasteiger partial charge in [0.2, 0.25) is 0 Å². The van der Waals surface area contributed by atoms with Gasteiger partial charge in [-0.3, -0.25) is 0 Å². The molecule has 1 aliphatic heterocycles. The predicted octanol–water partition coefficient (Wildman–Crippen LogP) is 3.60. The van der Waals surface area contributed by atoms with Crippen molar-refractivity contribution < 1.29 is 27.8 Å². The predicted molar refractivity (Wildman–Crippen MR) is 112 cm³/mol. The molecule has 3 aromatic rings. The Morgan fingerprint density at radius 1 is 1.03 bits per heavy atom. The maximum atomic E-state index is 13.5. The molecule has 0 N–H and O–H groups in total. The van der Waals surface area contributed by atoms with Crippen LogP contribution in [0.2, 0.25) is 0 Å². The summed E-state index contributed by atoms with van der Waals surface area (Å²) in [6.45, 7) is 2.45. The van der Waals surface area contributed by atoms with Crippen LogP contribution in [0.1, 0.15) is 23.5 Å². The van der Waals surface area contributed by atoms with Gasteiger partial charge in [-0.25, -0.2) is 4.79 Å². The Kier molecular flexibility index (Phi) is 6.86. The van der Waals surface area contributed by atoms with Crippen LogP contribution in [-0.4, -0.2) is 50.3 Å². The molecular weight excluding hydrogens is 398 g/mol. The summed E-state index contributed by atoms with van der Waals surface area (Å²) in [6.07, 6.45) is 3.56. The summed E-state index contributed by atoms with van der Waals surface area (Å²) in [7, 11) is 2.00. The number of hydrogen-bond donors (Lipinski definition) is 0. The molecule has 0 radical (unpaired) electrons. The fraction of sp³-hybridized carbons (Fsp3) is 0.375. The van der Waals surface area contributed by atoms with E-state index in [-0.39, 0.29) is 19.3 Å². The van der Waals surface area contributed by atoms with E-state index in [1.165, 1.54) is 12.5 Å². The van der Waals surface area contributed by atoms with Crippen LogP contribution in [0.5, 0.6) is 0 Å². The molecule has 0 spiro atoms. The van der Waals surface area contributed by atoms with E-state index < -0.39 is 11.6 Å². The second-order valence-electron chi connectivity index (χ2n) is 7.60. The number of carbonyl (C=O) groups excluding carboxylic acids is 1. The monoisotopic (exact) mass is 425 g/mol. The summed E-state index contributed by atoms with van der Waals surface area (Å²) in [5.41, 5.74) is -0.569. The fourth-order valence-corrected chi connectivity index (χ4v) is 3.72. The topological polar surface area (TPSA) is 74.3 Å². The van der Waals surface area contributed by atoms with Crippen molar-refractivity contribution in [3.8, 4) is 0 Å². The fourth-order valence-electron chi connectivity index (χ4n) is 3.72. The molecule has 164 valence electrons. The highest BCUT2D eigenvalue weighted by Crippen LogP contribution is 2.37. The molecule has 0 amide bonds. The molecular formula is C24H27NO6. The van der Waals surface area contributed by atoms with Crippen molar-refractivity contribution in [3.63, 3.8) is 0 Å². The zero-order valence-electron chi connectivity index (χ0n) is 17.6. The molecule has 0 bridgehead atoms. The quantitative estimate of drug-likeness (QED) is 0.363. The largest absolute Gasteiger partial charge is 0.465 e. The van der Waals surface area contributed by atoms with E-state index in [1.54, 1.807) is 24.3 Å². The molecule has 7 nitrogen and oxygen atoms in total. The Morgan fingerprint density at radius 2 is 1.74 bits per heavy atom. The summed E-state index contributed by atoms with van der Waals surface area (Å²) >= 11 is 0. The number of likely N-dealkylation sites (N-methyl/N-ethyl adjacent to an activating group) is 1. The van der Waals surface area contributed by atoms with Crippen molar-refractivity contribution in [1.82, 2.24) is 4.90 Å². The van der Waals surface area contributed by atoms with Gasteiger partial charge in [0.15, 0.2) is 11.5 Å². The summed E-state index contributed by atoms with van der Waals surface area (Å²) in [6, 6.07) is 16.7. The normalized spacial score (nSPS) is 17.1. The molecule has 1 atom stereocenters.